The Morgan fingerprint density at radius 1 is 1.13 bits per heavy atom. The second-order valence-corrected chi connectivity index (χ2v) is 10.6. The summed E-state index contributed by atoms with van der Waals surface area (Å²) in [7, 11) is 1.98. The summed E-state index contributed by atoms with van der Waals surface area (Å²) >= 11 is 1.68. The lowest BCUT2D eigenvalue weighted by Gasteiger charge is -2.20. The number of hydrogen-bond acceptors (Lipinski definition) is 7. The van der Waals surface area contributed by atoms with E-state index in [1.54, 1.807) is 30.4 Å². The summed E-state index contributed by atoms with van der Waals surface area (Å²) in [5.41, 5.74) is 5.84. The average molecular weight is 532 g/mol. The molecule has 0 amide bonds. The van der Waals surface area contributed by atoms with E-state index in [1.165, 1.54) is 10.9 Å². The molecule has 0 bridgehead atoms. The number of aryl methyl sites for hydroxylation is 2. The molecule has 0 aliphatic carbocycles. The highest BCUT2D eigenvalue weighted by atomic mass is 32.1. The molecule has 3 heterocycles. The minimum atomic E-state index is -0.528. The first-order chi connectivity index (χ1) is 18.3. The zero-order valence-corrected chi connectivity index (χ0v) is 23.0. The van der Waals surface area contributed by atoms with E-state index in [-0.39, 0.29) is 18.2 Å². The zero-order chi connectivity index (χ0) is 27.0. The highest BCUT2D eigenvalue weighted by molar-refractivity contribution is 7.15. The summed E-state index contributed by atoms with van der Waals surface area (Å²) in [4.78, 5) is 20.9. The molecule has 1 aliphatic heterocycles. The van der Waals surface area contributed by atoms with Gasteiger partial charge in [-0.15, -0.1) is 21.5 Å². The monoisotopic (exact) mass is 531 g/mol. The molecule has 0 N–H and O–H groups in total. The normalized spacial score (nSPS) is 14.4. The van der Waals surface area contributed by atoms with Crippen LogP contribution in [-0.2, 0) is 16.1 Å². The second-order valence-electron chi connectivity index (χ2n) is 9.44. The van der Waals surface area contributed by atoms with Crippen molar-refractivity contribution in [2.24, 2.45) is 4.99 Å². The van der Waals surface area contributed by atoms with Gasteiger partial charge >= 0.3 is 5.97 Å². The van der Waals surface area contributed by atoms with Crippen molar-refractivity contribution in [2.45, 2.75) is 46.7 Å². The smallest absolute Gasteiger partial charge is 0.308 e. The number of esters is 1. The molecule has 1 atom stereocenters. The number of thiophene rings is 1. The van der Waals surface area contributed by atoms with Crippen LogP contribution in [0.2, 0.25) is 0 Å². The van der Waals surface area contributed by atoms with Gasteiger partial charge < -0.3 is 9.64 Å². The van der Waals surface area contributed by atoms with Crippen LogP contribution in [0.25, 0.3) is 5.00 Å². The van der Waals surface area contributed by atoms with E-state index in [4.69, 9.17) is 9.73 Å². The molecule has 9 heteroatoms. The minimum Gasteiger partial charge on any atom is -0.466 e. The molecular formula is C29H30FN5O2S. The van der Waals surface area contributed by atoms with E-state index in [0.29, 0.717) is 19.0 Å². The Kier molecular flexibility index (Phi) is 7.12. The van der Waals surface area contributed by atoms with Gasteiger partial charge in [0.15, 0.2) is 5.82 Å². The van der Waals surface area contributed by atoms with E-state index in [2.05, 4.69) is 28.9 Å². The number of benzene rings is 2. The van der Waals surface area contributed by atoms with E-state index >= 15 is 0 Å². The molecule has 2 aromatic heterocycles. The van der Waals surface area contributed by atoms with Gasteiger partial charge in [0.05, 0.1) is 18.7 Å². The SMILES string of the molecule is CCOC(=O)C[C@@H]1N=C(c2ccc(N(C)Cc3cccc(F)c3)cc2)c2c(sc(C)c2C)-n2c(C)nnc21. The van der Waals surface area contributed by atoms with Crippen molar-refractivity contribution in [1.29, 1.82) is 0 Å². The summed E-state index contributed by atoms with van der Waals surface area (Å²) in [5.74, 6) is 0.833. The molecule has 4 aromatic rings. The summed E-state index contributed by atoms with van der Waals surface area (Å²) in [6.45, 7) is 8.81. The minimum absolute atomic E-state index is 0.0803. The molecule has 0 fully saturated rings. The van der Waals surface area contributed by atoms with Gasteiger partial charge in [0, 0.05) is 35.3 Å². The average Bonchev–Trinajstić information content (AvgIpc) is 3.36. The Bertz CT molecular complexity index is 1520. The fourth-order valence-corrected chi connectivity index (χ4v) is 5.99. The number of halogens is 1. The largest absolute Gasteiger partial charge is 0.466 e. The molecule has 2 aromatic carbocycles. The molecule has 0 saturated carbocycles. The van der Waals surface area contributed by atoms with Crippen molar-refractivity contribution in [3.8, 4) is 5.00 Å². The second kappa shape index (κ2) is 10.5. The maximum atomic E-state index is 13.7. The van der Waals surface area contributed by atoms with Crippen molar-refractivity contribution in [1.82, 2.24) is 14.8 Å². The molecule has 0 radical (unpaired) electrons. The third-order valence-electron chi connectivity index (χ3n) is 6.80. The van der Waals surface area contributed by atoms with Gasteiger partial charge in [0.2, 0.25) is 0 Å². The number of nitrogens with zero attached hydrogens (tertiary/aromatic N) is 5. The fourth-order valence-electron chi connectivity index (χ4n) is 4.78. The van der Waals surface area contributed by atoms with Crippen LogP contribution in [0.15, 0.2) is 53.5 Å². The summed E-state index contributed by atoms with van der Waals surface area (Å²) < 4.78 is 20.9. The number of carbonyl (C=O) groups excluding carboxylic acids is 1. The molecule has 0 unspecified atom stereocenters. The number of anilines is 1. The predicted octanol–water partition coefficient (Wildman–Crippen LogP) is 5.87. The van der Waals surface area contributed by atoms with Crippen LogP contribution in [0.3, 0.4) is 0 Å². The van der Waals surface area contributed by atoms with Crippen molar-refractivity contribution >= 4 is 28.7 Å². The van der Waals surface area contributed by atoms with E-state index in [9.17, 15) is 9.18 Å². The number of aromatic nitrogens is 3. The van der Waals surface area contributed by atoms with Crippen LogP contribution in [0.5, 0.6) is 0 Å². The van der Waals surface area contributed by atoms with Gasteiger partial charge in [0.25, 0.3) is 0 Å². The number of ether oxygens (including phenoxy) is 1. The quantitative estimate of drug-likeness (QED) is 0.279. The summed E-state index contributed by atoms with van der Waals surface area (Å²) in [6, 6.07) is 14.3. The lowest BCUT2D eigenvalue weighted by molar-refractivity contribution is -0.143. The first-order valence-corrected chi connectivity index (χ1v) is 13.4. The highest BCUT2D eigenvalue weighted by Gasteiger charge is 2.32. The molecule has 7 nitrogen and oxygen atoms in total. The molecule has 38 heavy (non-hydrogen) atoms. The van der Waals surface area contributed by atoms with Crippen molar-refractivity contribution < 1.29 is 13.9 Å². The lowest BCUT2D eigenvalue weighted by atomic mass is 9.99. The molecule has 5 rings (SSSR count). The van der Waals surface area contributed by atoms with Crippen molar-refractivity contribution in [3.05, 3.63) is 93.1 Å². The molecule has 0 spiro atoms. The van der Waals surface area contributed by atoms with Gasteiger partial charge in [-0.2, -0.15) is 0 Å². The Morgan fingerprint density at radius 3 is 2.61 bits per heavy atom. The van der Waals surface area contributed by atoms with Gasteiger partial charge in [-0.25, -0.2) is 4.39 Å². The van der Waals surface area contributed by atoms with Crippen LogP contribution < -0.4 is 4.90 Å². The third kappa shape index (κ3) is 4.86. The maximum absolute atomic E-state index is 13.7. The van der Waals surface area contributed by atoms with Crippen LogP contribution >= 0.6 is 11.3 Å². The van der Waals surface area contributed by atoms with Crippen LogP contribution in [0.1, 0.15) is 58.2 Å². The summed E-state index contributed by atoms with van der Waals surface area (Å²) in [5, 5.41) is 9.76. The van der Waals surface area contributed by atoms with Crippen LogP contribution in [0, 0.1) is 26.6 Å². The zero-order valence-electron chi connectivity index (χ0n) is 22.2. The van der Waals surface area contributed by atoms with Crippen LogP contribution in [0.4, 0.5) is 10.1 Å². The molecule has 1 aliphatic rings. The Balaban J connectivity index is 1.55. The first kappa shape index (κ1) is 25.8. The molecular weight excluding hydrogens is 501 g/mol. The van der Waals surface area contributed by atoms with Crippen molar-refractivity contribution in [3.63, 3.8) is 0 Å². The predicted molar refractivity (Wildman–Crippen MR) is 148 cm³/mol. The van der Waals surface area contributed by atoms with Gasteiger partial charge in [-0.1, -0.05) is 24.3 Å². The number of aliphatic imine (C=N–C) groups is 1. The lowest BCUT2D eigenvalue weighted by Crippen LogP contribution is -2.16. The van der Waals surface area contributed by atoms with Gasteiger partial charge in [0.1, 0.15) is 22.7 Å². The van der Waals surface area contributed by atoms with E-state index < -0.39 is 6.04 Å². The Hall–Kier alpha value is -3.85. The number of carbonyl (C=O) groups is 1. The van der Waals surface area contributed by atoms with Crippen molar-refractivity contribution in [2.75, 3.05) is 18.6 Å². The van der Waals surface area contributed by atoms with Gasteiger partial charge in [-0.3, -0.25) is 14.4 Å². The Labute approximate surface area is 225 Å². The molecule has 196 valence electrons. The first-order valence-electron chi connectivity index (χ1n) is 12.6. The summed E-state index contributed by atoms with van der Waals surface area (Å²) in [6.07, 6.45) is 0.0803. The van der Waals surface area contributed by atoms with Crippen LogP contribution in [-0.4, -0.2) is 40.1 Å². The standard InChI is InChI=1S/C29H30FN5O2S/c1-6-37-25(36)15-24-28-33-32-19(4)35(28)29-26(17(2)18(3)38-29)27(31-24)21-10-12-23(13-11-21)34(5)16-20-8-7-9-22(30)14-20/h7-14,24H,6,15-16H2,1-5H3/t24-/m0/s1. The number of rotatable bonds is 7. The van der Waals surface area contributed by atoms with Gasteiger partial charge in [-0.05, 0) is 63.1 Å². The van der Waals surface area contributed by atoms with E-state index in [0.717, 1.165) is 44.5 Å². The molecule has 0 saturated heterocycles. The number of hydrogen-bond donors (Lipinski definition) is 0. The topological polar surface area (TPSA) is 72.6 Å². The maximum Gasteiger partial charge on any atom is 0.308 e. The fraction of sp³-hybridized carbons (Fsp3) is 0.310. The Morgan fingerprint density at radius 2 is 1.89 bits per heavy atom. The number of fused-ring (bicyclic) bond motifs is 3. The highest BCUT2D eigenvalue weighted by Crippen LogP contribution is 2.39. The third-order valence-corrected chi connectivity index (χ3v) is 7.99. The van der Waals surface area contributed by atoms with E-state index in [1.807, 2.05) is 48.9 Å².